The highest BCUT2D eigenvalue weighted by atomic mass is 16.2. The van der Waals surface area contributed by atoms with Gasteiger partial charge in [-0.1, -0.05) is 18.2 Å². The molecule has 6 nitrogen and oxygen atoms in total. The van der Waals surface area contributed by atoms with E-state index in [9.17, 15) is 9.59 Å². The summed E-state index contributed by atoms with van der Waals surface area (Å²) in [6.45, 7) is 0. The first kappa shape index (κ1) is 13.8. The van der Waals surface area contributed by atoms with Crippen molar-refractivity contribution < 1.29 is 9.59 Å². The van der Waals surface area contributed by atoms with E-state index in [0.29, 0.717) is 11.4 Å². The second-order valence-electron chi connectivity index (χ2n) is 4.81. The molecule has 0 aliphatic rings. The molecule has 0 unspecified atom stereocenters. The summed E-state index contributed by atoms with van der Waals surface area (Å²) < 4.78 is 0. The van der Waals surface area contributed by atoms with Crippen molar-refractivity contribution >= 4 is 34.1 Å². The second-order valence-corrected chi connectivity index (χ2v) is 4.81. The predicted octanol–water partition coefficient (Wildman–Crippen LogP) is 2.53. The topological polar surface area (TPSA) is 86.9 Å². The lowest BCUT2D eigenvalue weighted by Gasteiger charge is -2.06. The van der Waals surface area contributed by atoms with Crippen molar-refractivity contribution in [2.75, 3.05) is 10.6 Å². The number of benzene rings is 2. The maximum absolute atomic E-state index is 11.9. The highest BCUT2D eigenvalue weighted by molar-refractivity contribution is 6.08. The Bertz CT molecular complexity index is 811. The number of para-hydroxylation sites is 1. The van der Waals surface area contributed by atoms with Gasteiger partial charge in [0.15, 0.2) is 0 Å². The van der Waals surface area contributed by atoms with Gasteiger partial charge >= 0.3 is 0 Å². The fourth-order valence-electron chi connectivity index (χ4n) is 2.09. The summed E-state index contributed by atoms with van der Waals surface area (Å²) in [6.07, 6.45) is 1.46. The van der Waals surface area contributed by atoms with Crippen LogP contribution in [0.2, 0.25) is 0 Å². The summed E-state index contributed by atoms with van der Waals surface area (Å²) in [5.41, 5.74) is 2.11. The Kier molecular flexibility index (Phi) is 3.82. The van der Waals surface area contributed by atoms with Crippen LogP contribution in [0.4, 0.5) is 11.4 Å². The molecule has 3 N–H and O–H groups in total. The van der Waals surface area contributed by atoms with Gasteiger partial charge in [-0.3, -0.25) is 14.7 Å². The Morgan fingerprint density at radius 2 is 1.68 bits per heavy atom. The van der Waals surface area contributed by atoms with Gasteiger partial charge in [-0.2, -0.15) is 5.10 Å². The molecule has 6 heteroatoms. The van der Waals surface area contributed by atoms with Crippen molar-refractivity contribution in [1.82, 2.24) is 10.2 Å². The zero-order chi connectivity index (χ0) is 15.4. The number of fused-ring (bicyclic) bond motifs is 1. The summed E-state index contributed by atoms with van der Waals surface area (Å²) >= 11 is 0. The quantitative estimate of drug-likeness (QED) is 0.646. The van der Waals surface area contributed by atoms with Gasteiger partial charge in [-0.25, -0.2) is 0 Å². The lowest BCUT2D eigenvalue weighted by Crippen LogP contribution is -2.21. The Morgan fingerprint density at radius 3 is 2.45 bits per heavy atom. The van der Waals surface area contributed by atoms with Crippen molar-refractivity contribution in [3.63, 3.8) is 0 Å². The van der Waals surface area contributed by atoms with Crippen LogP contribution in [0.5, 0.6) is 0 Å². The molecule has 2 aromatic carbocycles. The Hall–Kier alpha value is -3.15. The third kappa shape index (κ3) is 3.29. The summed E-state index contributed by atoms with van der Waals surface area (Å²) in [5.74, 6) is -0.724. The van der Waals surface area contributed by atoms with Gasteiger partial charge in [0.25, 0.3) is 0 Å². The van der Waals surface area contributed by atoms with Crippen LogP contribution < -0.4 is 10.6 Å². The number of hydrogen-bond donors (Lipinski definition) is 3. The maximum Gasteiger partial charge on any atom is 0.233 e. The average Bonchev–Trinajstić information content (AvgIpc) is 2.95. The van der Waals surface area contributed by atoms with Crippen molar-refractivity contribution in [2.45, 2.75) is 6.42 Å². The Labute approximate surface area is 126 Å². The lowest BCUT2D eigenvalue weighted by atomic mass is 10.2. The van der Waals surface area contributed by atoms with Crippen LogP contribution in [0.3, 0.4) is 0 Å². The van der Waals surface area contributed by atoms with Crippen molar-refractivity contribution in [2.24, 2.45) is 0 Å². The molecular weight excluding hydrogens is 280 g/mol. The molecule has 0 aliphatic heterocycles. The van der Waals surface area contributed by atoms with E-state index in [1.807, 2.05) is 24.3 Å². The molecule has 0 radical (unpaired) electrons. The van der Waals surface area contributed by atoms with E-state index in [0.717, 1.165) is 10.9 Å². The lowest BCUT2D eigenvalue weighted by molar-refractivity contribution is -0.123. The molecule has 0 saturated carbocycles. The molecule has 0 atom stereocenters. The van der Waals surface area contributed by atoms with Gasteiger partial charge < -0.3 is 10.6 Å². The first-order chi connectivity index (χ1) is 10.7. The Balaban J connectivity index is 1.58. The molecule has 0 bridgehead atoms. The number of aromatic amines is 1. The van der Waals surface area contributed by atoms with E-state index in [-0.39, 0.29) is 18.2 Å². The number of nitrogens with zero attached hydrogens (tertiary/aromatic N) is 1. The van der Waals surface area contributed by atoms with Gasteiger partial charge in [-0.05, 0) is 30.3 Å². The second kappa shape index (κ2) is 6.09. The van der Waals surface area contributed by atoms with Crippen LogP contribution in [0.25, 0.3) is 10.9 Å². The van der Waals surface area contributed by atoms with Crippen molar-refractivity contribution in [1.29, 1.82) is 0 Å². The minimum Gasteiger partial charge on any atom is -0.326 e. The minimum atomic E-state index is -0.368. The van der Waals surface area contributed by atoms with Crippen molar-refractivity contribution in [3.8, 4) is 0 Å². The smallest absolute Gasteiger partial charge is 0.233 e. The fourth-order valence-corrected chi connectivity index (χ4v) is 2.09. The number of aromatic nitrogens is 2. The third-order valence-electron chi connectivity index (χ3n) is 3.10. The monoisotopic (exact) mass is 294 g/mol. The Morgan fingerprint density at radius 1 is 0.955 bits per heavy atom. The summed E-state index contributed by atoms with van der Waals surface area (Å²) in [4.78, 5) is 23.7. The van der Waals surface area contributed by atoms with Crippen LogP contribution in [0.1, 0.15) is 6.42 Å². The fraction of sp³-hybridized carbons (Fsp3) is 0.0625. The van der Waals surface area contributed by atoms with E-state index >= 15 is 0 Å². The van der Waals surface area contributed by atoms with Gasteiger partial charge in [0.05, 0.1) is 11.7 Å². The summed E-state index contributed by atoms with van der Waals surface area (Å²) in [7, 11) is 0. The predicted molar refractivity (Wildman–Crippen MR) is 84.4 cm³/mol. The maximum atomic E-state index is 11.9. The van der Waals surface area contributed by atoms with Crippen LogP contribution in [0, 0.1) is 0 Å². The molecule has 0 spiro atoms. The average molecular weight is 294 g/mol. The number of hydrogen-bond acceptors (Lipinski definition) is 3. The molecule has 1 aromatic heterocycles. The van der Waals surface area contributed by atoms with Gasteiger partial charge in [0.1, 0.15) is 6.42 Å². The largest absolute Gasteiger partial charge is 0.326 e. The molecule has 110 valence electrons. The molecule has 1 heterocycles. The van der Waals surface area contributed by atoms with Crippen LogP contribution in [-0.2, 0) is 9.59 Å². The summed E-state index contributed by atoms with van der Waals surface area (Å²) in [5, 5.41) is 13.1. The molecule has 2 amide bonds. The first-order valence-corrected chi connectivity index (χ1v) is 6.78. The SMILES string of the molecule is O=C(CC(=O)Nc1ccc2cn[nH]c2c1)Nc1ccccc1. The molecule has 22 heavy (non-hydrogen) atoms. The molecule has 0 saturated heterocycles. The molecule has 0 fully saturated rings. The normalized spacial score (nSPS) is 10.4. The number of anilines is 2. The number of nitrogens with one attached hydrogen (secondary N) is 3. The van der Waals surface area contributed by atoms with E-state index in [4.69, 9.17) is 0 Å². The zero-order valence-corrected chi connectivity index (χ0v) is 11.7. The number of carbonyl (C=O) groups excluding carboxylic acids is 2. The van der Waals surface area contributed by atoms with E-state index in [2.05, 4.69) is 20.8 Å². The standard InChI is InChI=1S/C16H14N4O2/c21-15(18-12-4-2-1-3-5-12)9-16(22)19-13-7-6-11-10-17-20-14(11)8-13/h1-8,10H,9H2,(H,17,20)(H,18,21)(H,19,22). The number of amides is 2. The number of carbonyl (C=O) groups is 2. The third-order valence-corrected chi connectivity index (χ3v) is 3.10. The highest BCUT2D eigenvalue weighted by Gasteiger charge is 2.10. The van der Waals surface area contributed by atoms with Gasteiger partial charge in [0.2, 0.25) is 11.8 Å². The van der Waals surface area contributed by atoms with Gasteiger partial charge in [-0.15, -0.1) is 0 Å². The van der Waals surface area contributed by atoms with Crippen molar-refractivity contribution in [3.05, 3.63) is 54.7 Å². The van der Waals surface area contributed by atoms with E-state index in [1.165, 1.54) is 0 Å². The molecule has 3 aromatic rings. The minimum absolute atomic E-state index is 0.240. The zero-order valence-electron chi connectivity index (χ0n) is 11.7. The van der Waals surface area contributed by atoms with E-state index in [1.54, 1.807) is 30.5 Å². The van der Waals surface area contributed by atoms with Crippen LogP contribution >= 0.6 is 0 Å². The highest BCUT2D eigenvalue weighted by Crippen LogP contribution is 2.16. The van der Waals surface area contributed by atoms with Crippen LogP contribution in [0.15, 0.2) is 54.7 Å². The van der Waals surface area contributed by atoms with E-state index < -0.39 is 0 Å². The summed E-state index contributed by atoms with van der Waals surface area (Å²) in [6, 6.07) is 14.4. The number of rotatable bonds is 4. The van der Waals surface area contributed by atoms with Gasteiger partial charge in [0, 0.05) is 16.8 Å². The molecular formula is C16H14N4O2. The molecule has 3 rings (SSSR count). The first-order valence-electron chi connectivity index (χ1n) is 6.78. The number of H-pyrrole nitrogens is 1. The van der Waals surface area contributed by atoms with Crippen LogP contribution in [-0.4, -0.2) is 22.0 Å². The molecule has 0 aliphatic carbocycles.